The van der Waals surface area contributed by atoms with Crippen LogP contribution in [0, 0.1) is 5.92 Å². The van der Waals surface area contributed by atoms with Crippen molar-refractivity contribution >= 4 is 32.4 Å². The van der Waals surface area contributed by atoms with E-state index in [9.17, 15) is 8.42 Å². The third kappa shape index (κ3) is 6.06. The Morgan fingerprint density at radius 1 is 1.20 bits per heavy atom. The standard InChI is InChI=1S/C10H22INO2S/c1-8(2)10(7-11)12-5-6-15(13,14)9(3)4/h8-10,12H,5-7H2,1-4H3. The van der Waals surface area contributed by atoms with Gasteiger partial charge in [0.15, 0.2) is 9.84 Å². The molecule has 1 unspecified atom stereocenters. The zero-order valence-corrected chi connectivity index (χ0v) is 12.9. The molecule has 0 saturated heterocycles. The molecular weight excluding hydrogens is 325 g/mol. The smallest absolute Gasteiger partial charge is 0.153 e. The lowest BCUT2D eigenvalue weighted by Gasteiger charge is -2.20. The van der Waals surface area contributed by atoms with E-state index in [1.165, 1.54) is 0 Å². The topological polar surface area (TPSA) is 46.2 Å². The van der Waals surface area contributed by atoms with Gasteiger partial charge in [0.2, 0.25) is 0 Å². The van der Waals surface area contributed by atoms with E-state index in [2.05, 4.69) is 41.8 Å². The Balaban J connectivity index is 3.98. The monoisotopic (exact) mass is 347 g/mol. The molecule has 0 spiro atoms. The van der Waals surface area contributed by atoms with Crippen LogP contribution < -0.4 is 5.32 Å². The van der Waals surface area contributed by atoms with Gasteiger partial charge in [-0.25, -0.2) is 8.42 Å². The largest absolute Gasteiger partial charge is 0.312 e. The van der Waals surface area contributed by atoms with Crippen molar-refractivity contribution in [2.75, 3.05) is 16.7 Å². The average molecular weight is 347 g/mol. The zero-order chi connectivity index (χ0) is 12.1. The van der Waals surface area contributed by atoms with Gasteiger partial charge in [-0.3, -0.25) is 0 Å². The van der Waals surface area contributed by atoms with Crippen LogP contribution in [0.5, 0.6) is 0 Å². The molecule has 0 aliphatic carbocycles. The summed E-state index contributed by atoms with van der Waals surface area (Å²) in [6, 6.07) is 0.410. The van der Waals surface area contributed by atoms with Gasteiger partial charge in [-0.05, 0) is 19.8 Å². The maximum Gasteiger partial charge on any atom is 0.153 e. The first-order valence-corrected chi connectivity index (χ1v) is 8.56. The summed E-state index contributed by atoms with van der Waals surface area (Å²) in [6.45, 7) is 8.31. The van der Waals surface area contributed by atoms with Gasteiger partial charge < -0.3 is 5.32 Å². The summed E-state index contributed by atoms with van der Waals surface area (Å²) in [6.07, 6.45) is 0. The molecule has 5 heteroatoms. The second-order valence-corrected chi connectivity index (χ2v) is 7.93. The summed E-state index contributed by atoms with van der Waals surface area (Å²) in [5.41, 5.74) is 0. The number of sulfone groups is 1. The lowest BCUT2D eigenvalue weighted by Crippen LogP contribution is -2.39. The average Bonchev–Trinajstić information content (AvgIpc) is 2.11. The summed E-state index contributed by atoms with van der Waals surface area (Å²) >= 11 is 2.33. The van der Waals surface area contributed by atoms with Crippen LogP contribution in [0.25, 0.3) is 0 Å². The normalized spacial score (nSPS) is 14.9. The van der Waals surface area contributed by atoms with Gasteiger partial charge in [0.1, 0.15) is 0 Å². The van der Waals surface area contributed by atoms with E-state index in [4.69, 9.17) is 0 Å². The van der Waals surface area contributed by atoms with Crippen LogP contribution in [0.3, 0.4) is 0 Å². The Morgan fingerprint density at radius 3 is 2.07 bits per heavy atom. The Kier molecular flexibility index (Phi) is 7.36. The minimum absolute atomic E-state index is 0.241. The van der Waals surface area contributed by atoms with Gasteiger partial charge in [-0.2, -0.15) is 0 Å². The van der Waals surface area contributed by atoms with E-state index in [0.717, 1.165) is 4.43 Å². The van der Waals surface area contributed by atoms with Crippen LogP contribution in [0.1, 0.15) is 27.7 Å². The molecule has 3 nitrogen and oxygen atoms in total. The van der Waals surface area contributed by atoms with Gasteiger partial charge in [0.25, 0.3) is 0 Å². The van der Waals surface area contributed by atoms with Crippen LogP contribution >= 0.6 is 22.6 Å². The second-order valence-electron chi connectivity index (χ2n) is 4.37. The summed E-state index contributed by atoms with van der Waals surface area (Å²) in [5, 5.41) is 3.03. The van der Waals surface area contributed by atoms with E-state index < -0.39 is 9.84 Å². The lowest BCUT2D eigenvalue weighted by atomic mass is 10.1. The van der Waals surface area contributed by atoms with Crippen molar-refractivity contribution in [1.82, 2.24) is 5.32 Å². The van der Waals surface area contributed by atoms with Crippen LogP contribution in [0.15, 0.2) is 0 Å². The molecule has 0 heterocycles. The van der Waals surface area contributed by atoms with Gasteiger partial charge in [0, 0.05) is 17.0 Å². The van der Waals surface area contributed by atoms with Gasteiger partial charge in [0.05, 0.1) is 11.0 Å². The highest BCUT2D eigenvalue weighted by Crippen LogP contribution is 2.05. The molecule has 0 rings (SSSR count). The number of nitrogens with one attached hydrogen (secondary N) is 1. The molecule has 15 heavy (non-hydrogen) atoms. The summed E-state index contributed by atoms with van der Waals surface area (Å²) in [4.78, 5) is 0. The predicted molar refractivity (Wildman–Crippen MR) is 74.4 cm³/mol. The van der Waals surface area contributed by atoms with E-state index in [1.807, 2.05) is 0 Å². The number of halogens is 1. The molecule has 92 valence electrons. The second kappa shape index (κ2) is 7.06. The van der Waals surface area contributed by atoms with Crippen molar-refractivity contribution in [2.45, 2.75) is 39.0 Å². The first-order chi connectivity index (χ1) is 6.81. The molecule has 0 aliphatic heterocycles. The molecule has 0 bridgehead atoms. The van der Waals surface area contributed by atoms with E-state index in [0.29, 0.717) is 18.5 Å². The van der Waals surface area contributed by atoms with Gasteiger partial charge in [-0.1, -0.05) is 36.4 Å². The van der Waals surface area contributed by atoms with Crippen molar-refractivity contribution in [3.63, 3.8) is 0 Å². The Bertz CT molecular complexity index is 263. The molecule has 1 atom stereocenters. The first-order valence-electron chi connectivity index (χ1n) is 5.32. The predicted octanol–water partition coefficient (Wildman–Crippen LogP) is 1.86. The van der Waals surface area contributed by atoms with Gasteiger partial charge >= 0.3 is 0 Å². The number of rotatable bonds is 7. The quantitative estimate of drug-likeness (QED) is 0.565. The van der Waals surface area contributed by atoms with E-state index in [-0.39, 0.29) is 11.0 Å². The molecule has 0 fully saturated rings. The van der Waals surface area contributed by atoms with Crippen LogP contribution in [0.4, 0.5) is 0 Å². The van der Waals surface area contributed by atoms with Crippen LogP contribution in [-0.4, -0.2) is 36.4 Å². The fourth-order valence-electron chi connectivity index (χ4n) is 1.09. The third-order valence-corrected chi connectivity index (χ3v) is 5.64. The first kappa shape index (κ1) is 15.6. The fourth-order valence-corrected chi connectivity index (χ4v) is 3.29. The number of alkyl halides is 1. The fraction of sp³-hybridized carbons (Fsp3) is 1.00. The molecule has 0 radical (unpaired) electrons. The molecule has 0 saturated carbocycles. The van der Waals surface area contributed by atoms with Gasteiger partial charge in [-0.15, -0.1) is 0 Å². The summed E-state index contributed by atoms with van der Waals surface area (Å²) in [5.74, 6) is 0.786. The summed E-state index contributed by atoms with van der Waals surface area (Å²) in [7, 11) is -2.89. The minimum atomic E-state index is -2.89. The SMILES string of the molecule is CC(C)C(CI)NCCS(=O)(=O)C(C)C. The Hall–Kier alpha value is 0.640. The van der Waals surface area contributed by atoms with Crippen LogP contribution in [-0.2, 0) is 9.84 Å². The highest BCUT2D eigenvalue weighted by Gasteiger charge is 2.17. The third-order valence-electron chi connectivity index (χ3n) is 2.48. The van der Waals surface area contributed by atoms with Crippen molar-refractivity contribution in [2.24, 2.45) is 5.92 Å². The molecule has 0 aromatic rings. The summed E-state index contributed by atoms with van der Waals surface area (Å²) < 4.78 is 24.1. The Labute approximate surface area is 107 Å². The van der Waals surface area contributed by atoms with Crippen molar-refractivity contribution in [3.05, 3.63) is 0 Å². The van der Waals surface area contributed by atoms with E-state index in [1.54, 1.807) is 13.8 Å². The molecule has 0 amide bonds. The highest BCUT2D eigenvalue weighted by molar-refractivity contribution is 14.1. The van der Waals surface area contributed by atoms with Crippen molar-refractivity contribution in [1.29, 1.82) is 0 Å². The van der Waals surface area contributed by atoms with Crippen LogP contribution in [0.2, 0.25) is 0 Å². The molecule has 0 aliphatic rings. The maximum absolute atomic E-state index is 11.5. The van der Waals surface area contributed by atoms with Crippen molar-refractivity contribution in [3.8, 4) is 0 Å². The van der Waals surface area contributed by atoms with E-state index >= 15 is 0 Å². The highest BCUT2D eigenvalue weighted by atomic mass is 127. The number of hydrogen-bond donors (Lipinski definition) is 1. The molecular formula is C10H22INO2S. The molecule has 0 aromatic carbocycles. The van der Waals surface area contributed by atoms with Crippen molar-refractivity contribution < 1.29 is 8.42 Å². The lowest BCUT2D eigenvalue weighted by molar-refractivity contribution is 0.447. The Morgan fingerprint density at radius 2 is 1.73 bits per heavy atom. The molecule has 1 N–H and O–H groups in total. The number of hydrogen-bond acceptors (Lipinski definition) is 3. The zero-order valence-electron chi connectivity index (χ0n) is 9.96. The minimum Gasteiger partial charge on any atom is -0.312 e. The maximum atomic E-state index is 11.5. The molecule has 0 aromatic heterocycles.